The van der Waals surface area contributed by atoms with Gasteiger partial charge in [0.25, 0.3) is 5.91 Å². The Morgan fingerprint density at radius 2 is 1.94 bits per heavy atom. The van der Waals surface area contributed by atoms with Gasteiger partial charge >= 0.3 is 5.97 Å². The standard InChI is InChI=1S/C23H31ClN2O5S/c1-15(19-12-16-5-6-17(19)11-16)25-22(27)14-31-23(28)20-13-18(7-8-21(20)24)32(29,30)26-9-3-2-4-10-26/h7-8,13,15-17,19H,2-6,9-12,14H2,1H3,(H,25,27)/t15-,16-,17-,19+/m0/s1. The average Bonchev–Trinajstić information content (AvgIpc) is 3.42. The summed E-state index contributed by atoms with van der Waals surface area (Å²) in [6.07, 6.45) is 7.59. The summed E-state index contributed by atoms with van der Waals surface area (Å²) < 4.78 is 32.4. The normalized spacial score (nSPS) is 26.6. The number of benzene rings is 1. The fraction of sp³-hybridized carbons (Fsp3) is 0.652. The van der Waals surface area contributed by atoms with E-state index in [1.54, 1.807) is 0 Å². The van der Waals surface area contributed by atoms with Gasteiger partial charge in [-0.25, -0.2) is 13.2 Å². The van der Waals surface area contributed by atoms with Crippen LogP contribution in [0.1, 0.15) is 62.2 Å². The number of carbonyl (C=O) groups excluding carboxylic acids is 2. The molecule has 0 radical (unpaired) electrons. The lowest BCUT2D eigenvalue weighted by Crippen LogP contribution is -2.42. The fourth-order valence-electron chi connectivity index (χ4n) is 5.59. The van der Waals surface area contributed by atoms with E-state index < -0.39 is 22.6 Å². The molecule has 2 saturated carbocycles. The summed E-state index contributed by atoms with van der Waals surface area (Å²) in [6, 6.07) is 4.06. The minimum absolute atomic E-state index is 0.00473. The zero-order valence-corrected chi connectivity index (χ0v) is 20.0. The van der Waals surface area contributed by atoms with Crippen molar-refractivity contribution >= 4 is 33.5 Å². The van der Waals surface area contributed by atoms with Crippen LogP contribution in [0.3, 0.4) is 0 Å². The molecule has 32 heavy (non-hydrogen) atoms. The smallest absolute Gasteiger partial charge is 0.340 e. The number of fused-ring (bicyclic) bond motifs is 2. The number of amides is 1. The quantitative estimate of drug-likeness (QED) is 0.599. The zero-order valence-electron chi connectivity index (χ0n) is 18.4. The van der Waals surface area contributed by atoms with E-state index in [0.29, 0.717) is 24.9 Å². The van der Waals surface area contributed by atoms with Crippen LogP contribution in [0.2, 0.25) is 5.02 Å². The topological polar surface area (TPSA) is 92.8 Å². The maximum Gasteiger partial charge on any atom is 0.340 e. The van der Waals surface area contributed by atoms with Gasteiger partial charge in [-0.2, -0.15) is 4.31 Å². The monoisotopic (exact) mass is 482 g/mol. The van der Waals surface area contributed by atoms with Crippen molar-refractivity contribution in [2.45, 2.75) is 62.8 Å². The second-order valence-electron chi connectivity index (χ2n) is 9.38. The molecule has 1 aromatic carbocycles. The van der Waals surface area contributed by atoms with E-state index in [0.717, 1.165) is 31.6 Å². The Bertz CT molecular complexity index is 977. The lowest BCUT2D eigenvalue weighted by molar-refractivity contribution is -0.125. The molecular formula is C23H31ClN2O5S. The number of esters is 1. The molecule has 7 nitrogen and oxygen atoms in total. The van der Waals surface area contributed by atoms with Gasteiger partial charge in [-0.15, -0.1) is 0 Å². The molecular weight excluding hydrogens is 452 g/mol. The Morgan fingerprint density at radius 1 is 1.19 bits per heavy atom. The number of nitrogens with one attached hydrogen (secondary N) is 1. The minimum Gasteiger partial charge on any atom is -0.452 e. The highest BCUT2D eigenvalue weighted by molar-refractivity contribution is 7.89. The minimum atomic E-state index is -3.71. The van der Waals surface area contributed by atoms with Crippen LogP contribution in [0.4, 0.5) is 0 Å². The lowest BCUT2D eigenvalue weighted by atomic mass is 9.84. The summed E-state index contributed by atoms with van der Waals surface area (Å²) in [7, 11) is -3.71. The summed E-state index contributed by atoms with van der Waals surface area (Å²) >= 11 is 6.14. The van der Waals surface area contributed by atoms with Crippen molar-refractivity contribution in [1.82, 2.24) is 9.62 Å². The first-order valence-corrected chi connectivity index (χ1v) is 13.3. The molecule has 176 valence electrons. The summed E-state index contributed by atoms with van der Waals surface area (Å²) in [6.45, 7) is 2.51. The van der Waals surface area contributed by atoms with Gasteiger partial charge in [0.1, 0.15) is 0 Å². The predicted molar refractivity (Wildman–Crippen MR) is 121 cm³/mol. The Morgan fingerprint density at radius 3 is 2.59 bits per heavy atom. The van der Waals surface area contributed by atoms with Crippen LogP contribution in [0.5, 0.6) is 0 Å². The van der Waals surface area contributed by atoms with Gasteiger partial charge in [0.15, 0.2) is 6.61 Å². The van der Waals surface area contributed by atoms with E-state index in [9.17, 15) is 18.0 Å². The Balaban J connectivity index is 1.35. The highest BCUT2D eigenvalue weighted by Crippen LogP contribution is 2.49. The third-order valence-electron chi connectivity index (χ3n) is 7.27. The SMILES string of the molecule is C[C@H](NC(=O)COC(=O)c1cc(S(=O)(=O)N2CCCCC2)ccc1Cl)[C@H]1C[C@H]2CC[C@H]1C2. The molecule has 0 spiro atoms. The third-order valence-corrected chi connectivity index (χ3v) is 9.49. The molecule has 1 amide bonds. The first-order chi connectivity index (χ1) is 15.3. The molecule has 3 aliphatic rings. The Hall–Kier alpha value is -1.64. The summed E-state index contributed by atoms with van der Waals surface area (Å²) in [5.74, 6) is 0.786. The maximum atomic E-state index is 12.9. The van der Waals surface area contributed by atoms with Crippen LogP contribution in [0.15, 0.2) is 23.1 Å². The number of hydrogen-bond acceptors (Lipinski definition) is 5. The molecule has 1 saturated heterocycles. The van der Waals surface area contributed by atoms with Crippen molar-refractivity contribution in [2.75, 3.05) is 19.7 Å². The van der Waals surface area contributed by atoms with Crippen LogP contribution < -0.4 is 5.32 Å². The van der Waals surface area contributed by atoms with Crippen LogP contribution >= 0.6 is 11.6 Å². The van der Waals surface area contributed by atoms with E-state index in [-0.39, 0.29) is 27.4 Å². The molecule has 1 aliphatic heterocycles. The molecule has 1 N–H and O–H groups in total. The molecule has 0 aromatic heterocycles. The number of sulfonamides is 1. The first kappa shape index (κ1) is 23.5. The molecule has 2 bridgehead atoms. The maximum absolute atomic E-state index is 12.9. The number of hydrogen-bond donors (Lipinski definition) is 1. The van der Waals surface area contributed by atoms with Gasteiger partial charge in [0, 0.05) is 19.1 Å². The van der Waals surface area contributed by atoms with E-state index >= 15 is 0 Å². The largest absolute Gasteiger partial charge is 0.452 e. The van der Waals surface area contributed by atoms with E-state index in [2.05, 4.69) is 5.32 Å². The van der Waals surface area contributed by atoms with Crippen molar-refractivity contribution in [3.63, 3.8) is 0 Å². The molecule has 9 heteroatoms. The number of rotatable bonds is 7. The number of carbonyl (C=O) groups is 2. The fourth-order valence-corrected chi connectivity index (χ4v) is 7.33. The van der Waals surface area contributed by atoms with Crippen molar-refractivity contribution < 1.29 is 22.7 Å². The molecule has 4 atom stereocenters. The van der Waals surface area contributed by atoms with Gasteiger partial charge in [0.05, 0.1) is 15.5 Å². The molecule has 1 heterocycles. The van der Waals surface area contributed by atoms with E-state index in [4.69, 9.17) is 16.3 Å². The van der Waals surface area contributed by atoms with Crippen LogP contribution in [-0.2, 0) is 19.6 Å². The number of piperidine rings is 1. The summed E-state index contributed by atoms with van der Waals surface area (Å²) in [4.78, 5) is 24.9. The zero-order chi connectivity index (χ0) is 22.9. The highest BCUT2D eigenvalue weighted by Gasteiger charge is 2.42. The van der Waals surface area contributed by atoms with Gasteiger partial charge in [-0.3, -0.25) is 4.79 Å². The highest BCUT2D eigenvalue weighted by atomic mass is 35.5. The van der Waals surface area contributed by atoms with E-state index in [1.807, 2.05) is 6.92 Å². The van der Waals surface area contributed by atoms with Crippen molar-refractivity contribution in [2.24, 2.45) is 17.8 Å². The van der Waals surface area contributed by atoms with Crippen molar-refractivity contribution in [3.05, 3.63) is 28.8 Å². The molecule has 4 rings (SSSR count). The van der Waals surface area contributed by atoms with Gasteiger partial charge in [-0.1, -0.05) is 24.4 Å². The number of ether oxygens (including phenoxy) is 1. The van der Waals surface area contributed by atoms with Crippen molar-refractivity contribution in [1.29, 1.82) is 0 Å². The average molecular weight is 483 g/mol. The third kappa shape index (κ3) is 4.97. The second-order valence-corrected chi connectivity index (χ2v) is 11.7. The summed E-state index contributed by atoms with van der Waals surface area (Å²) in [5, 5.41) is 3.04. The van der Waals surface area contributed by atoms with Crippen LogP contribution in [0, 0.1) is 17.8 Å². The second kappa shape index (κ2) is 9.69. The lowest BCUT2D eigenvalue weighted by Gasteiger charge is -2.28. The summed E-state index contributed by atoms with van der Waals surface area (Å²) in [5.41, 5.74) is -0.0568. The van der Waals surface area contributed by atoms with Crippen LogP contribution in [0.25, 0.3) is 0 Å². The number of nitrogens with zero attached hydrogens (tertiary/aromatic N) is 1. The Kier molecular flexibility index (Phi) is 7.12. The Labute approximate surface area is 194 Å². The predicted octanol–water partition coefficient (Wildman–Crippen LogP) is 3.61. The number of halogens is 1. The van der Waals surface area contributed by atoms with E-state index in [1.165, 1.54) is 41.8 Å². The molecule has 1 aromatic rings. The van der Waals surface area contributed by atoms with Crippen molar-refractivity contribution in [3.8, 4) is 0 Å². The van der Waals surface area contributed by atoms with Crippen LogP contribution in [-0.4, -0.2) is 50.3 Å². The van der Waals surface area contributed by atoms with Gasteiger partial charge < -0.3 is 10.1 Å². The van der Waals surface area contributed by atoms with Gasteiger partial charge in [-0.05, 0) is 75.0 Å². The molecule has 2 aliphatic carbocycles. The molecule has 0 unspecified atom stereocenters. The van der Waals surface area contributed by atoms with Gasteiger partial charge in [0.2, 0.25) is 10.0 Å². The first-order valence-electron chi connectivity index (χ1n) is 11.5. The molecule has 3 fully saturated rings.